The number of esters is 1. The highest BCUT2D eigenvalue weighted by Crippen LogP contribution is 2.29. The van der Waals surface area contributed by atoms with Gasteiger partial charge in [0, 0.05) is 0 Å². The summed E-state index contributed by atoms with van der Waals surface area (Å²) >= 11 is 0. The van der Waals surface area contributed by atoms with E-state index >= 15 is 0 Å². The van der Waals surface area contributed by atoms with E-state index in [1.54, 1.807) is 6.08 Å². The molecule has 0 aliphatic heterocycles. The zero-order chi connectivity index (χ0) is 9.90. The Morgan fingerprint density at radius 2 is 2.08 bits per heavy atom. The van der Waals surface area contributed by atoms with E-state index in [2.05, 4.69) is 4.74 Å². The lowest BCUT2D eigenvalue weighted by Crippen LogP contribution is -2.25. The van der Waals surface area contributed by atoms with E-state index in [-0.39, 0.29) is 6.61 Å². The molecule has 0 amide bonds. The predicted molar refractivity (Wildman–Crippen MR) is 38.9 cm³/mol. The van der Waals surface area contributed by atoms with Crippen molar-refractivity contribution in [2.24, 2.45) is 5.92 Å². The van der Waals surface area contributed by atoms with Crippen LogP contribution in [0.5, 0.6) is 0 Å². The van der Waals surface area contributed by atoms with Gasteiger partial charge < -0.3 is 4.74 Å². The predicted octanol–water partition coefficient (Wildman–Crippen LogP) is 2.06. The number of rotatable bonds is 3. The highest BCUT2D eigenvalue weighted by molar-refractivity contribution is 5.75. The van der Waals surface area contributed by atoms with Crippen LogP contribution in [0.3, 0.4) is 0 Å². The highest BCUT2D eigenvalue weighted by atomic mass is 19.4. The largest absolute Gasteiger partial charge is 0.490 e. The van der Waals surface area contributed by atoms with Gasteiger partial charge in [-0.3, -0.25) is 0 Å². The summed E-state index contributed by atoms with van der Waals surface area (Å²) in [6.07, 6.45) is 0.478. The molecule has 0 saturated heterocycles. The van der Waals surface area contributed by atoms with Gasteiger partial charge in [-0.05, 0) is 18.8 Å². The first-order chi connectivity index (χ1) is 6.00. The average Bonchev–Trinajstić information content (AvgIpc) is 2.79. The number of carbonyl (C=O) groups excluding carboxylic acids is 1. The molecule has 0 aromatic heterocycles. The fourth-order valence-corrected chi connectivity index (χ4v) is 0.742. The maximum absolute atomic E-state index is 11.5. The Balaban J connectivity index is 2.14. The van der Waals surface area contributed by atoms with Crippen molar-refractivity contribution >= 4 is 5.97 Å². The van der Waals surface area contributed by atoms with E-state index in [9.17, 15) is 18.0 Å². The second-order valence-corrected chi connectivity index (χ2v) is 2.86. The third-order valence-corrected chi connectivity index (χ3v) is 1.57. The van der Waals surface area contributed by atoms with Crippen LogP contribution in [-0.4, -0.2) is 18.8 Å². The molecule has 1 rings (SSSR count). The Morgan fingerprint density at radius 1 is 1.46 bits per heavy atom. The van der Waals surface area contributed by atoms with Gasteiger partial charge in [-0.25, -0.2) is 4.79 Å². The Morgan fingerprint density at radius 3 is 2.54 bits per heavy atom. The van der Waals surface area contributed by atoms with E-state index in [1.165, 1.54) is 6.08 Å². The van der Waals surface area contributed by atoms with Gasteiger partial charge in [0.15, 0.2) is 0 Å². The number of hydrogen-bond donors (Lipinski definition) is 0. The Hall–Kier alpha value is -1.00. The molecule has 13 heavy (non-hydrogen) atoms. The molecule has 1 saturated carbocycles. The molecular formula is C8H9F3O2. The summed E-state index contributed by atoms with van der Waals surface area (Å²) in [6, 6.07) is 0. The summed E-state index contributed by atoms with van der Waals surface area (Å²) < 4.78 is 38.6. The third kappa shape index (κ3) is 3.96. The summed E-state index contributed by atoms with van der Waals surface area (Å²) in [4.78, 5) is 10.1. The van der Waals surface area contributed by atoms with Gasteiger partial charge in [-0.1, -0.05) is 12.2 Å². The molecule has 0 heterocycles. The van der Waals surface area contributed by atoms with Gasteiger partial charge in [-0.2, -0.15) is 13.2 Å². The van der Waals surface area contributed by atoms with Crippen molar-refractivity contribution in [1.29, 1.82) is 0 Å². The van der Waals surface area contributed by atoms with E-state index < -0.39 is 12.1 Å². The summed E-state index contributed by atoms with van der Waals surface area (Å²) in [5.74, 6) is -1.66. The first kappa shape index (κ1) is 10.1. The quantitative estimate of drug-likeness (QED) is 0.507. The maximum Gasteiger partial charge on any atom is 0.490 e. The summed E-state index contributed by atoms with van der Waals surface area (Å²) in [7, 11) is 0. The Bertz CT molecular complexity index is 216. The van der Waals surface area contributed by atoms with Crippen LogP contribution in [0.2, 0.25) is 0 Å². The lowest BCUT2D eigenvalue weighted by molar-refractivity contribution is -0.198. The zero-order valence-corrected chi connectivity index (χ0v) is 6.80. The first-order valence-corrected chi connectivity index (χ1v) is 3.91. The molecule has 0 atom stereocenters. The summed E-state index contributed by atoms with van der Waals surface area (Å²) in [6.45, 7) is -0.297. The van der Waals surface area contributed by atoms with Gasteiger partial charge in [0.1, 0.15) is 6.61 Å². The minimum Gasteiger partial charge on any atom is -0.455 e. The average molecular weight is 194 g/mol. The number of allylic oxidation sites excluding steroid dienone is 1. The molecule has 0 bridgehead atoms. The molecule has 0 N–H and O–H groups in total. The summed E-state index contributed by atoms with van der Waals surface area (Å²) in [5, 5.41) is 0. The number of alkyl halides is 3. The number of carbonyl (C=O) groups is 1. The second kappa shape index (κ2) is 3.81. The van der Waals surface area contributed by atoms with Crippen molar-refractivity contribution in [2.45, 2.75) is 19.0 Å². The molecule has 74 valence electrons. The maximum atomic E-state index is 11.5. The van der Waals surface area contributed by atoms with Gasteiger partial charge in [-0.15, -0.1) is 0 Å². The Labute approximate surface area is 73.4 Å². The number of ether oxygens (including phenoxy) is 1. The molecule has 1 fully saturated rings. The van der Waals surface area contributed by atoms with Gasteiger partial charge >= 0.3 is 12.1 Å². The normalized spacial score (nSPS) is 17.8. The monoisotopic (exact) mass is 194 g/mol. The van der Waals surface area contributed by atoms with Crippen molar-refractivity contribution in [2.75, 3.05) is 6.61 Å². The fraction of sp³-hybridized carbons (Fsp3) is 0.625. The number of hydrogen-bond acceptors (Lipinski definition) is 2. The molecule has 0 radical (unpaired) electrons. The van der Waals surface area contributed by atoms with Crippen molar-refractivity contribution < 1.29 is 22.7 Å². The van der Waals surface area contributed by atoms with Crippen molar-refractivity contribution in [3.8, 4) is 0 Å². The number of halogens is 3. The smallest absolute Gasteiger partial charge is 0.455 e. The van der Waals surface area contributed by atoms with Crippen LogP contribution in [0, 0.1) is 5.92 Å². The van der Waals surface area contributed by atoms with E-state index in [0.717, 1.165) is 12.8 Å². The molecule has 0 aromatic carbocycles. The lowest BCUT2D eigenvalue weighted by atomic mass is 10.4. The SMILES string of the molecule is O=C(OC/C=C\C1CC1)C(F)(F)F. The molecule has 0 unspecified atom stereocenters. The fourth-order valence-electron chi connectivity index (χ4n) is 0.742. The van der Waals surface area contributed by atoms with E-state index in [0.29, 0.717) is 5.92 Å². The minimum absolute atomic E-state index is 0.297. The van der Waals surface area contributed by atoms with Crippen LogP contribution >= 0.6 is 0 Å². The molecule has 5 heteroatoms. The second-order valence-electron chi connectivity index (χ2n) is 2.86. The van der Waals surface area contributed by atoms with Crippen LogP contribution in [0.25, 0.3) is 0 Å². The van der Waals surface area contributed by atoms with Crippen LogP contribution in [-0.2, 0) is 9.53 Å². The van der Waals surface area contributed by atoms with Crippen LogP contribution < -0.4 is 0 Å². The van der Waals surface area contributed by atoms with Crippen LogP contribution in [0.15, 0.2) is 12.2 Å². The topological polar surface area (TPSA) is 26.3 Å². The molecule has 1 aliphatic carbocycles. The van der Waals surface area contributed by atoms with Crippen molar-refractivity contribution in [3.05, 3.63) is 12.2 Å². The molecule has 1 aliphatic rings. The van der Waals surface area contributed by atoms with Crippen molar-refractivity contribution in [1.82, 2.24) is 0 Å². The van der Waals surface area contributed by atoms with E-state index in [4.69, 9.17) is 0 Å². The van der Waals surface area contributed by atoms with Gasteiger partial charge in [0.25, 0.3) is 0 Å². The first-order valence-electron chi connectivity index (χ1n) is 3.91. The molecule has 0 spiro atoms. The molecule has 2 nitrogen and oxygen atoms in total. The Kier molecular flexibility index (Phi) is 2.95. The zero-order valence-electron chi connectivity index (χ0n) is 6.80. The van der Waals surface area contributed by atoms with Gasteiger partial charge in [0.05, 0.1) is 0 Å². The van der Waals surface area contributed by atoms with E-state index in [1.807, 2.05) is 0 Å². The van der Waals surface area contributed by atoms with Crippen LogP contribution in [0.4, 0.5) is 13.2 Å². The molecular weight excluding hydrogens is 185 g/mol. The lowest BCUT2D eigenvalue weighted by Gasteiger charge is -2.03. The highest BCUT2D eigenvalue weighted by Gasteiger charge is 2.40. The van der Waals surface area contributed by atoms with Crippen molar-refractivity contribution in [3.63, 3.8) is 0 Å². The minimum atomic E-state index is -4.88. The standard InChI is InChI=1S/C8H9F3O2/c9-8(10,11)7(12)13-5-1-2-6-3-4-6/h1-2,6H,3-5H2/b2-1-. The van der Waals surface area contributed by atoms with Crippen LogP contribution in [0.1, 0.15) is 12.8 Å². The summed E-state index contributed by atoms with van der Waals surface area (Å²) in [5.41, 5.74) is 0. The third-order valence-electron chi connectivity index (χ3n) is 1.57. The molecule has 0 aromatic rings. The van der Waals surface area contributed by atoms with Gasteiger partial charge in [0.2, 0.25) is 0 Å².